The van der Waals surface area contributed by atoms with E-state index in [-0.39, 0.29) is 5.91 Å². The fraction of sp³-hybridized carbons (Fsp3) is 0.515. The number of amides is 1. The van der Waals surface area contributed by atoms with Gasteiger partial charge in [0.2, 0.25) is 11.4 Å². The number of benzene rings is 2. The Labute approximate surface area is 234 Å². The highest BCUT2D eigenvalue weighted by Gasteiger charge is 2.14. The second-order valence-electron chi connectivity index (χ2n) is 10.4. The maximum absolute atomic E-state index is 12.6. The molecule has 2 aromatic carbocycles. The lowest BCUT2D eigenvalue weighted by Crippen LogP contribution is -2.31. The molecule has 0 fully saturated rings. The molecule has 3 rings (SSSR count). The van der Waals surface area contributed by atoms with Crippen molar-refractivity contribution in [3.05, 3.63) is 76.7 Å². The van der Waals surface area contributed by atoms with Gasteiger partial charge in [-0.3, -0.25) is 4.79 Å². The van der Waals surface area contributed by atoms with Crippen molar-refractivity contribution >= 4 is 22.9 Å². The lowest BCUT2D eigenvalue weighted by molar-refractivity contribution is -0.683. The summed E-state index contributed by atoms with van der Waals surface area (Å²) in [7, 11) is 0. The fourth-order valence-electron chi connectivity index (χ4n) is 4.82. The van der Waals surface area contributed by atoms with Gasteiger partial charge >= 0.3 is 0 Å². The monoisotopic (exact) mass is 535 g/mol. The van der Waals surface area contributed by atoms with E-state index in [1.807, 2.05) is 29.2 Å². The van der Waals surface area contributed by atoms with E-state index >= 15 is 0 Å². The Kier molecular flexibility index (Phi) is 14.0. The van der Waals surface area contributed by atoms with Crippen LogP contribution < -0.4 is 14.2 Å². The Balaban J connectivity index is 1.38. The predicted molar refractivity (Wildman–Crippen MR) is 160 cm³/mol. The zero-order valence-corrected chi connectivity index (χ0v) is 24.4. The summed E-state index contributed by atoms with van der Waals surface area (Å²) in [4.78, 5) is 14.4. The average molecular weight is 536 g/mol. The molecule has 3 aromatic rings. The zero-order valence-electron chi connectivity index (χ0n) is 23.6. The minimum Gasteiger partial charge on any atom is -0.494 e. The molecule has 5 heteroatoms. The quantitative estimate of drug-likeness (QED) is 0.114. The number of carbonyl (C=O) groups is 1. The molecule has 0 aliphatic carbocycles. The van der Waals surface area contributed by atoms with Gasteiger partial charge in [0.25, 0.3) is 0 Å². The molecular formula is C33H47N2O2S+. The Hall–Kier alpha value is -2.66. The Bertz CT molecular complexity index is 1050. The van der Waals surface area contributed by atoms with Crippen LogP contribution in [0.5, 0.6) is 5.75 Å². The van der Waals surface area contributed by atoms with Crippen molar-refractivity contribution in [1.29, 1.82) is 0 Å². The highest BCUT2D eigenvalue weighted by molar-refractivity contribution is 7.07. The first-order chi connectivity index (χ1) is 18.7. The van der Waals surface area contributed by atoms with Gasteiger partial charge in [0.1, 0.15) is 5.75 Å². The van der Waals surface area contributed by atoms with E-state index in [1.165, 1.54) is 76.2 Å². The van der Waals surface area contributed by atoms with Gasteiger partial charge < -0.3 is 9.64 Å². The van der Waals surface area contributed by atoms with E-state index in [4.69, 9.17) is 4.74 Å². The predicted octanol–water partition coefficient (Wildman–Crippen LogP) is 8.72. The largest absolute Gasteiger partial charge is 0.494 e. The first-order valence-electron chi connectivity index (χ1n) is 14.7. The first-order valence-corrected chi connectivity index (χ1v) is 15.6. The molecule has 0 radical (unpaired) electrons. The van der Waals surface area contributed by atoms with Crippen molar-refractivity contribution < 1.29 is 14.1 Å². The average Bonchev–Trinajstić information content (AvgIpc) is 3.43. The van der Waals surface area contributed by atoms with Gasteiger partial charge in [-0.05, 0) is 36.2 Å². The standard InChI is InChI=1S/C33H47N2O2S/c1-3-4-5-6-7-8-9-10-11-12-13-14-22-37-33-20-16-18-31(25-33)27-35(29(2)36)32-19-15-17-30(24-32)26-34-21-23-38-28-34/h15-21,23-25,28H,3-14,22,26-27H2,1-2H3/q+1. The summed E-state index contributed by atoms with van der Waals surface area (Å²) in [5, 5.41) is 2.07. The molecule has 1 heterocycles. The summed E-state index contributed by atoms with van der Waals surface area (Å²) in [6.07, 6.45) is 18.2. The number of unbranched alkanes of at least 4 members (excludes halogenated alkanes) is 11. The van der Waals surface area contributed by atoms with Gasteiger partial charge in [0.15, 0.2) is 12.7 Å². The fourth-order valence-corrected chi connectivity index (χ4v) is 5.42. The highest BCUT2D eigenvalue weighted by atomic mass is 32.1. The van der Waals surface area contributed by atoms with Crippen molar-refractivity contribution in [3.8, 4) is 5.75 Å². The number of aromatic nitrogens is 1. The molecule has 0 unspecified atom stereocenters. The summed E-state index contributed by atoms with van der Waals surface area (Å²) in [6.45, 7) is 5.99. The molecular weight excluding hydrogens is 488 g/mol. The molecule has 0 N–H and O–H groups in total. The molecule has 0 spiro atoms. The number of ether oxygens (including phenoxy) is 1. The van der Waals surface area contributed by atoms with E-state index in [0.29, 0.717) is 6.54 Å². The number of anilines is 1. The maximum Gasteiger partial charge on any atom is 0.224 e. The normalized spacial score (nSPS) is 11.0. The van der Waals surface area contributed by atoms with Crippen LogP contribution in [0.15, 0.2) is 65.6 Å². The van der Waals surface area contributed by atoms with Crippen molar-refractivity contribution in [2.45, 2.75) is 104 Å². The van der Waals surface area contributed by atoms with Crippen LogP contribution in [-0.4, -0.2) is 12.5 Å². The summed E-state index contributed by atoms with van der Waals surface area (Å²) in [6, 6.07) is 16.4. The number of rotatable bonds is 19. The Morgan fingerprint density at radius 1 is 0.842 bits per heavy atom. The molecule has 38 heavy (non-hydrogen) atoms. The maximum atomic E-state index is 12.6. The van der Waals surface area contributed by atoms with Gasteiger partial charge in [-0.15, -0.1) is 0 Å². The molecule has 4 nitrogen and oxygen atoms in total. The van der Waals surface area contributed by atoms with Gasteiger partial charge in [-0.1, -0.05) is 113 Å². The summed E-state index contributed by atoms with van der Waals surface area (Å²) >= 11 is 1.68. The van der Waals surface area contributed by atoms with Crippen LogP contribution >= 0.6 is 11.3 Å². The molecule has 0 aliphatic rings. The molecule has 0 saturated heterocycles. The number of hydrogen-bond acceptors (Lipinski definition) is 3. The lowest BCUT2D eigenvalue weighted by atomic mass is 10.1. The number of carbonyl (C=O) groups excluding carboxylic acids is 1. The Morgan fingerprint density at radius 3 is 2.16 bits per heavy atom. The van der Waals surface area contributed by atoms with E-state index in [2.05, 4.69) is 52.8 Å². The van der Waals surface area contributed by atoms with Crippen LogP contribution in [0.3, 0.4) is 0 Å². The lowest BCUT2D eigenvalue weighted by Gasteiger charge is -2.22. The van der Waals surface area contributed by atoms with Gasteiger partial charge in [0.05, 0.1) is 18.5 Å². The zero-order chi connectivity index (χ0) is 26.8. The SMILES string of the molecule is CCCCCCCCCCCCCCOc1cccc(CN(C(C)=O)c2cccc(C[n+]3ccsc3)c2)c1. The van der Waals surface area contributed by atoms with E-state index in [9.17, 15) is 4.79 Å². The van der Waals surface area contributed by atoms with Gasteiger partial charge in [-0.25, -0.2) is 0 Å². The van der Waals surface area contributed by atoms with Crippen LogP contribution in [0.25, 0.3) is 0 Å². The summed E-state index contributed by atoms with van der Waals surface area (Å²) in [5.41, 5.74) is 5.27. The van der Waals surface area contributed by atoms with Crippen molar-refractivity contribution in [3.63, 3.8) is 0 Å². The van der Waals surface area contributed by atoms with Crippen LogP contribution in [-0.2, 0) is 17.9 Å². The van der Waals surface area contributed by atoms with E-state index in [1.54, 1.807) is 18.3 Å². The third kappa shape index (κ3) is 11.4. The second-order valence-corrected chi connectivity index (χ2v) is 11.1. The molecule has 1 aromatic heterocycles. The third-order valence-electron chi connectivity index (χ3n) is 7.00. The van der Waals surface area contributed by atoms with Gasteiger partial charge in [0, 0.05) is 18.2 Å². The van der Waals surface area contributed by atoms with Crippen LogP contribution in [0.4, 0.5) is 5.69 Å². The van der Waals surface area contributed by atoms with Crippen molar-refractivity contribution in [2.75, 3.05) is 11.5 Å². The topological polar surface area (TPSA) is 33.4 Å². The van der Waals surface area contributed by atoms with Crippen LogP contribution in [0.1, 0.15) is 102 Å². The van der Waals surface area contributed by atoms with E-state index < -0.39 is 0 Å². The molecule has 1 amide bonds. The number of thiazole rings is 1. The first kappa shape index (κ1) is 29.9. The third-order valence-corrected chi connectivity index (χ3v) is 7.67. The Morgan fingerprint density at radius 2 is 1.50 bits per heavy atom. The molecule has 0 aliphatic heterocycles. The van der Waals surface area contributed by atoms with E-state index in [0.717, 1.165) is 36.6 Å². The summed E-state index contributed by atoms with van der Waals surface area (Å²) < 4.78 is 8.21. The summed E-state index contributed by atoms with van der Waals surface area (Å²) in [5.74, 6) is 0.921. The molecule has 0 bridgehead atoms. The second kappa shape index (κ2) is 17.8. The van der Waals surface area contributed by atoms with Crippen LogP contribution in [0.2, 0.25) is 0 Å². The van der Waals surface area contributed by atoms with Crippen molar-refractivity contribution in [1.82, 2.24) is 0 Å². The van der Waals surface area contributed by atoms with Crippen molar-refractivity contribution in [2.24, 2.45) is 0 Å². The molecule has 0 atom stereocenters. The minimum atomic E-state index is 0.0353. The molecule has 206 valence electrons. The van der Waals surface area contributed by atoms with Gasteiger partial charge in [-0.2, -0.15) is 4.57 Å². The smallest absolute Gasteiger partial charge is 0.224 e. The highest BCUT2D eigenvalue weighted by Crippen LogP contribution is 2.22. The number of hydrogen-bond donors (Lipinski definition) is 0. The van der Waals surface area contributed by atoms with Crippen LogP contribution in [0, 0.1) is 0 Å². The number of nitrogens with zero attached hydrogens (tertiary/aromatic N) is 2. The molecule has 0 saturated carbocycles. The minimum absolute atomic E-state index is 0.0353.